The molecule has 0 unspecified atom stereocenters. The second kappa shape index (κ2) is 11.6. The summed E-state index contributed by atoms with van der Waals surface area (Å²) in [6.07, 6.45) is 2.52. The molecule has 2 fully saturated rings. The highest BCUT2D eigenvalue weighted by molar-refractivity contribution is 6.24. The van der Waals surface area contributed by atoms with Gasteiger partial charge in [0.15, 0.2) is 11.4 Å². The average molecular weight is 643 g/mol. The number of methoxy groups -OCH3 is 1. The fourth-order valence-corrected chi connectivity index (χ4v) is 7.29. The van der Waals surface area contributed by atoms with Crippen LogP contribution in [0.4, 0.5) is 0 Å². The first-order chi connectivity index (χ1) is 19.1. The maximum absolute atomic E-state index is 14.0. The zero-order chi connectivity index (χ0) is 30.3. The highest BCUT2D eigenvalue weighted by atomic mass is 35.5. The molecule has 4 aliphatic rings. The summed E-state index contributed by atoms with van der Waals surface area (Å²) in [5.74, 6) is -5.70. The molecule has 11 nitrogen and oxygen atoms in total. The Morgan fingerprint density at radius 3 is 2.26 bits per heavy atom. The van der Waals surface area contributed by atoms with Crippen LogP contribution in [0.25, 0.3) is 5.76 Å². The summed E-state index contributed by atoms with van der Waals surface area (Å²) in [6.45, 7) is 4.85. The predicted octanol–water partition coefficient (Wildman–Crippen LogP) is 2.44. The molecule has 4 atom stereocenters. The Morgan fingerprint density at radius 1 is 1.14 bits per heavy atom. The molecule has 238 valence electrons. The van der Waals surface area contributed by atoms with Gasteiger partial charge in [-0.1, -0.05) is 0 Å². The minimum atomic E-state index is -2.67. The number of hydrogen-bond donors (Lipinski definition) is 5. The molecule has 0 heterocycles. The number of likely N-dealkylation sites (N-methyl/N-ethyl adjacent to an activating group) is 1. The molecule has 1 aromatic carbocycles. The quantitative estimate of drug-likeness (QED) is 0.278. The van der Waals surface area contributed by atoms with Crippen LogP contribution in [0, 0.1) is 17.8 Å². The van der Waals surface area contributed by atoms with E-state index in [2.05, 4.69) is 18.7 Å². The van der Waals surface area contributed by atoms with Gasteiger partial charge < -0.3 is 30.9 Å². The van der Waals surface area contributed by atoms with Gasteiger partial charge in [-0.3, -0.25) is 24.2 Å². The third-order valence-electron chi connectivity index (χ3n) is 9.92. The Labute approximate surface area is 263 Å². The monoisotopic (exact) mass is 641 g/mol. The molecule has 6 N–H and O–H groups in total. The van der Waals surface area contributed by atoms with E-state index in [4.69, 9.17) is 10.5 Å². The number of primary amides is 1. The molecule has 13 heteroatoms. The van der Waals surface area contributed by atoms with Crippen LogP contribution >= 0.6 is 24.8 Å². The Balaban J connectivity index is 0.00000253. The number of phenols is 1. The molecule has 0 spiro atoms. The van der Waals surface area contributed by atoms with Crippen molar-refractivity contribution < 1.29 is 39.5 Å². The van der Waals surface area contributed by atoms with Crippen LogP contribution in [0.15, 0.2) is 23.0 Å². The van der Waals surface area contributed by atoms with Gasteiger partial charge >= 0.3 is 0 Å². The number of ketones is 2. The van der Waals surface area contributed by atoms with Crippen molar-refractivity contribution in [2.24, 2.45) is 23.5 Å². The van der Waals surface area contributed by atoms with Gasteiger partial charge in [0.25, 0.3) is 5.91 Å². The number of aliphatic hydroxyl groups is 3. The Morgan fingerprint density at radius 2 is 1.74 bits per heavy atom. The summed E-state index contributed by atoms with van der Waals surface area (Å²) < 4.78 is 5.84. The maximum atomic E-state index is 14.0. The third kappa shape index (κ3) is 4.99. The number of ether oxygens (including phenoxy) is 1. The topological polar surface area (TPSA) is 174 Å². The number of carbonyl (C=O) groups is 3. The van der Waals surface area contributed by atoms with Crippen molar-refractivity contribution in [3.8, 4) is 11.5 Å². The number of rotatable bonds is 7. The lowest BCUT2D eigenvalue weighted by Crippen LogP contribution is -2.65. The van der Waals surface area contributed by atoms with E-state index in [9.17, 15) is 34.8 Å². The number of Topliss-reactive ketones (excluding diaryl/α,β-unsaturated/α-hetero) is 2. The molecule has 4 aliphatic carbocycles. The number of carbonyl (C=O) groups excluding carboxylic acids is 3. The molecule has 0 saturated heterocycles. The molecule has 0 bridgehead atoms. The number of halogens is 2. The second-order valence-electron chi connectivity index (χ2n) is 12.7. The fraction of sp³-hybridized carbons (Fsp3) is 0.567. The molecule has 1 amide bonds. The van der Waals surface area contributed by atoms with Crippen molar-refractivity contribution >= 4 is 48.0 Å². The van der Waals surface area contributed by atoms with Crippen molar-refractivity contribution in [1.82, 2.24) is 9.80 Å². The van der Waals surface area contributed by atoms with E-state index in [0.717, 1.165) is 18.4 Å². The Kier molecular flexibility index (Phi) is 9.34. The van der Waals surface area contributed by atoms with Crippen LogP contribution in [-0.2, 0) is 27.3 Å². The van der Waals surface area contributed by atoms with Crippen LogP contribution in [0.1, 0.15) is 49.8 Å². The first-order valence-corrected chi connectivity index (χ1v) is 13.9. The van der Waals surface area contributed by atoms with Crippen LogP contribution < -0.4 is 10.5 Å². The summed E-state index contributed by atoms with van der Waals surface area (Å²) in [5, 5.41) is 45.3. The van der Waals surface area contributed by atoms with E-state index in [1.165, 1.54) is 18.1 Å². The Hall–Kier alpha value is -2.83. The Bertz CT molecular complexity index is 1430. The maximum Gasteiger partial charge on any atom is 0.255 e. The highest BCUT2D eigenvalue weighted by Gasteiger charge is 2.64. The van der Waals surface area contributed by atoms with Crippen molar-refractivity contribution in [2.75, 3.05) is 28.3 Å². The van der Waals surface area contributed by atoms with Gasteiger partial charge in [-0.15, -0.1) is 24.8 Å². The van der Waals surface area contributed by atoms with Crippen molar-refractivity contribution in [3.63, 3.8) is 0 Å². The van der Waals surface area contributed by atoms with E-state index in [1.807, 2.05) is 7.05 Å². The largest absolute Gasteiger partial charge is 0.508 e. The molecule has 43 heavy (non-hydrogen) atoms. The minimum absolute atomic E-state index is 0. The van der Waals surface area contributed by atoms with Crippen molar-refractivity contribution in [3.05, 3.63) is 39.7 Å². The summed E-state index contributed by atoms with van der Waals surface area (Å²) >= 11 is 0. The summed E-state index contributed by atoms with van der Waals surface area (Å²) in [5.41, 5.74) is 2.88. The number of fused-ring (bicyclic) bond motifs is 3. The van der Waals surface area contributed by atoms with Crippen LogP contribution in [-0.4, -0.2) is 93.1 Å². The van der Waals surface area contributed by atoms with Crippen LogP contribution in [0.2, 0.25) is 0 Å². The van der Waals surface area contributed by atoms with Gasteiger partial charge in [-0.25, -0.2) is 0 Å². The number of amides is 1. The van der Waals surface area contributed by atoms with Gasteiger partial charge in [-0.2, -0.15) is 0 Å². The highest BCUT2D eigenvalue weighted by Crippen LogP contribution is 2.54. The number of aliphatic hydroxyl groups excluding tert-OH is 2. The summed E-state index contributed by atoms with van der Waals surface area (Å²) in [6, 6.07) is 0.385. The van der Waals surface area contributed by atoms with Crippen LogP contribution in [0.3, 0.4) is 0 Å². The first-order valence-electron chi connectivity index (χ1n) is 13.9. The average Bonchev–Trinajstić information content (AvgIpc) is 3.72. The minimum Gasteiger partial charge on any atom is -0.508 e. The fourth-order valence-electron chi connectivity index (χ4n) is 7.29. The van der Waals surface area contributed by atoms with E-state index >= 15 is 0 Å². The molecule has 0 aliphatic heterocycles. The van der Waals surface area contributed by atoms with E-state index in [1.54, 1.807) is 14.1 Å². The number of phenolic OH excluding ortho intramolecular Hbond substituents is 1. The van der Waals surface area contributed by atoms with Crippen molar-refractivity contribution in [2.45, 2.75) is 63.3 Å². The number of nitrogens with zero attached hydrogens (tertiary/aromatic N) is 2. The van der Waals surface area contributed by atoms with Gasteiger partial charge in [0.05, 0.1) is 18.7 Å². The van der Waals surface area contributed by atoms with Gasteiger partial charge in [0, 0.05) is 34.7 Å². The molecular weight excluding hydrogens is 601 g/mol. The zero-order valence-electron chi connectivity index (χ0n) is 25.1. The predicted molar refractivity (Wildman–Crippen MR) is 164 cm³/mol. The number of hydrogen-bond acceptors (Lipinski definition) is 10. The molecule has 0 radical (unpaired) electrons. The normalized spacial score (nSPS) is 26.9. The lowest BCUT2D eigenvalue weighted by Gasteiger charge is -2.50. The second-order valence-corrected chi connectivity index (χ2v) is 12.7. The molecule has 0 aromatic heterocycles. The lowest BCUT2D eigenvalue weighted by atomic mass is 9.57. The van der Waals surface area contributed by atoms with Gasteiger partial charge in [0.2, 0.25) is 5.78 Å². The number of aromatic hydroxyl groups is 1. The van der Waals surface area contributed by atoms with E-state index in [-0.39, 0.29) is 60.1 Å². The standard InChI is InChI=1S/C30H39N3O8.2ClH/c1-29(2,15-7-8-15)33(5)12-14-11-18(34)20-16(25(14)41-6)9-13-10-17-22(32(3)4)24(36)21(28(31)39)27(38)30(17,40)26(37)19(13)23(20)35;;/h11,13,15,17,22,34-35,38,40H,7-10,12H2,1-6H3,(H2,31,39);2*1H/t13-,17-,22-,30-;;/m0../s1. The summed E-state index contributed by atoms with van der Waals surface area (Å²) in [7, 11) is 6.67. The van der Waals surface area contributed by atoms with Gasteiger partial charge in [-0.05, 0) is 78.6 Å². The zero-order valence-corrected chi connectivity index (χ0v) is 26.8. The van der Waals surface area contributed by atoms with Gasteiger partial charge in [0.1, 0.15) is 28.6 Å². The lowest BCUT2D eigenvalue weighted by molar-refractivity contribution is -0.153. The molecule has 5 rings (SSSR count). The van der Waals surface area contributed by atoms with E-state index < -0.39 is 58.0 Å². The first kappa shape index (κ1) is 34.7. The molecular formula is C30H41Cl2N3O8. The van der Waals surface area contributed by atoms with E-state index in [0.29, 0.717) is 23.8 Å². The van der Waals surface area contributed by atoms with Crippen LogP contribution in [0.5, 0.6) is 11.5 Å². The number of benzene rings is 1. The summed E-state index contributed by atoms with van der Waals surface area (Å²) in [4.78, 5) is 43.1. The third-order valence-corrected chi connectivity index (χ3v) is 9.92. The SMILES string of the molecule is COc1c(CN(C)C(C)(C)C2CC2)cc(O)c2c1C[C@H]1C[C@H]3[C@H](N(C)C)C(=O)C(C(N)=O)=C(O)[C@@]3(O)C(=O)C1=C2O.Cl.Cl. The van der Waals surface area contributed by atoms with Crippen molar-refractivity contribution in [1.29, 1.82) is 0 Å². The molecule has 2 saturated carbocycles. The molecule has 1 aromatic rings. The smallest absolute Gasteiger partial charge is 0.255 e. The number of nitrogens with two attached hydrogens (primary N) is 1.